The fourth-order valence-corrected chi connectivity index (χ4v) is 8.73. The van der Waals surface area contributed by atoms with Crippen LogP contribution in [0.15, 0.2) is 176 Å². The van der Waals surface area contributed by atoms with Gasteiger partial charge >= 0.3 is 0 Å². The molecule has 250 valence electrons. The summed E-state index contributed by atoms with van der Waals surface area (Å²) in [7, 11) is 0. The number of aromatic nitrogens is 3. The monoisotopic (exact) mass is 677 g/mol. The molecule has 0 N–H and O–H groups in total. The van der Waals surface area contributed by atoms with Gasteiger partial charge in [-0.05, 0) is 110 Å². The van der Waals surface area contributed by atoms with E-state index in [1.807, 2.05) is 0 Å². The Hall–Kier alpha value is -6.84. The molecule has 0 unspecified atom stereocenters. The number of para-hydroxylation sites is 2. The van der Waals surface area contributed by atoms with Crippen LogP contribution in [0.4, 0.5) is 0 Å². The van der Waals surface area contributed by atoms with E-state index in [1.54, 1.807) is 0 Å². The van der Waals surface area contributed by atoms with Gasteiger partial charge in [-0.1, -0.05) is 102 Å². The Balaban J connectivity index is 1.24. The van der Waals surface area contributed by atoms with Gasteiger partial charge < -0.3 is 13.7 Å². The standard InChI is InChI=1S/C50H35N3/c1-32-20-23-46-40(26-32)41-27-33(2)21-24-47(41)52(46)38-22-25-48-42(29-38)44-31-49-43(30-50(44)51(48)36-15-7-4-8-16-36)39-18-9-10-19-45(39)53(49)37-17-11-14-35(28-37)34-12-5-3-6-13-34/h3-31H,1-2H3. The Labute approximate surface area is 307 Å². The zero-order valence-corrected chi connectivity index (χ0v) is 29.6. The van der Waals surface area contributed by atoms with Crippen molar-refractivity contribution in [1.82, 2.24) is 13.7 Å². The molecule has 3 aromatic heterocycles. The highest BCUT2D eigenvalue weighted by Crippen LogP contribution is 2.41. The molecule has 8 aromatic carbocycles. The molecule has 0 aliphatic rings. The number of rotatable bonds is 4. The molecule has 3 heterocycles. The number of aryl methyl sites for hydroxylation is 2. The zero-order valence-electron chi connectivity index (χ0n) is 29.6. The van der Waals surface area contributed by atoms with E-state index in [4.69, 9.17) is 0 Å². The molecule has 0 radical (unpaired) electrons. The topological polar surface area (TPSA) is 14.8 Å². The first-order valence-electron chi connectivity index (χ1n) is 18.4. The molecular weight excluding hydrogens is 643 g/mol. The summed E-state index contributed by atoms with van der Waals surface area (Å²) in [6, 6.07) is 64.8. The Morgan fingerprint density at radius 2 is 0.717 bits per heavy atom. The molecule has 0 atom stereocenters. The van der Waals surface area contributed by atoms with Gasteiger partial charge in [-0.25, -0.2) is 0 Å². The maximum Gasteiger partial charge on any atom is 0.0548 e. The van der Waals surface area contributed by atoms with Gasteiger partial charge in [0, 0.05) is 49.4 Å². The van der Waals surface area contributed by atoms with Crippen molar-refractivity contribution in [3.63, 3.8) is 0 Å². The van der Waals surface area contributed by atoms with Crippen LogP contribution in [0.2, 0.25) is 0 Å². The van der Waals surface area contributed by atoms with Crippen molar-refractivity contribution in [2.24, 2.45) is 0 Å². The molecule has 3 nitrogen and oxygen atoms in total. The lowest BCUT2D eigenvalue weighted by molar-refractivity contribution is 1.16. The predicted molar refractivity (Wildman–Crippen MR) is 224 cm³/mol. The van der Waals surface area contributed by atoms with Crippen LogP contribution in [-0.2, 0) is 0 Å². The second-order valence-corrected chi connectivity index (χ2v) is 14.4. The smallest absolute Gasteiger partial charge is 0.0548 e. The summed E-state index contributed by atoms with van der Waals surface area (Å²) in [5.41, 5.74) is 15.7. The normalized spacial score (nSPS) is 12.0. The maximum atomic E-state index is 2.45. The molecule has 0 bridgehead atoms. The van der Waals surface area contributed by atoms with Gasteiger partial charge in [0.25, 0.3) is 0 Å². The highest BCUT2D eigenvalue weighted by molar-refractivity contribution is 6.19. The molecule has 11 rings (SSSR count). The second kappa shape index (κ2) is 11.3. The molecule has 0 saturated carbocycles. The summed E-state index contributed by atoms with van der Waals surface area (Å²) in [6.07, 6.45) is 0. The molecule has 3 heteroatoms. The minimum absolute atomic E-state index is 1.15. The van der Waals surface area contributed by atoms with Crippen molar-refractivity contribution in [2.45, 2.75) is 13.8 Å². The lowest BCUT2D eigenvalue weighted by Crippen LogP contribution is -1.96. The summed E-state index contributed by atoms with van der Waals surface area (Å²) in [6.45, 7) is 4.36. The third kappa shape index (κ3) is 4.47. The molecule has 0 saturated heterocycles. The molecule has 0 fully saturated rings. The van der Waals surface area contributed by atoms with Crippen molar-refractivity contribution in [2.75, 3.05) is 0 Å². The number of hydrogen-bond acceptors (Lipinski definition) is 0. The van der Waals surface area contributed by atoms with E-state index in [-0.39, 0.29) is 0 Å². The van der Waals surface area contributed by atoms with Crippen LogP contribution in [0.1, 0.15) is 11.1 Å². The van der Waals surface area contributed by atoms with Crippen LogP contribution < -0.4 is 0 Å². The first kappa shape index (κ1) is 29.8. The largest absolute Gasteiger partial charge is 0.309 e. The Morgan fingerprint density at radius 1 is 0.264 bits per heavy atom. The molecule has 53 heavy (non-hydrogen) atoms. The molecule has 0 amide bonds. The lowest BCUT2D eigenvalue weighted by Gasteiger charge is -2.11. The average Bonchev–Trinajstić information content (AvgIpc) is 3.82. The van der Waals surface area contributed by atoms with Gasteiger partial charge in [-0.2, -0.15) is 0 Å². The second-order valence-electron chi connectivity index (χ2n) is 14.4. The number of fused-ring (bicyclic) bond motifs is 9. The lowest BCUT2D eigenvalue weighted by atomic mass is 10.1. The van der Waals surface area contributed by atoms with E-state index in [1.165, 1.54) is 87.7 Å². The van der Waals surface area contributed by atoms with E-state index in [2.05, 4.69) is 203 Å². The van der Waals surface area contributed by atoms with Crippen LogP contribution in [0.25, 0.3) is 93.6 Å². The molecular formula is C50H35N3. The quantitative estimate of drug-likeness (QED) is 0.176. The first-order chi connectivity index (χ1) is 26.1. The predicted octanol–water partition coefficient (Wildman–Crippen LogP) is 13.3. The number of benzene rings is 8. The van der Waals surface area contributed by atoms with Crippen molar-refractivity contribution >= 4 is 65.4 Å². The van der Waals surface area contributed by atoms with Crippen LogP contribution in [0.5, 0.6) is 0 Å². The first-order valence-corrected chi connectivity index (χ1v) is 18.4. The average molecular weight is 678 g/mol. The van der Waals surface area contributed by atoms with Crippen molar-refractivity contribution in [3.8, 4) is 28.2 Å². The van der Waals surface area contributed by atoms with Gasteiger partial charge in [0.15, 0.2) is 0 Å². The SMILES string of the molecule is Cc1ccc2c(c1)c1cc(C)ccc1n2-c1ccc2c(c1)c1cc3c(cc1n2-c1ccccc1)c1ccccc1n3-c1cccc(-c2ccccc2)c1. The zero-order chi connectivity index (χ0) is 35.2. The summed E-state index contributed by atoms with van der Waals surface area (Å²) in [5.74, 6) is 0. The van der Waals surface area contributed by atoms with Crippen molar-refractivity contribution < 1.29 is 0 Å². The van der Waals surface area contributed by atoms with Crippen LogP contribution in [-0.4, -0.2) is 13.7 Å². The molecule has 0 aliphatic heterocycles. The molecule has 11 aromatic rings. The summed E-state index contributed by atoms with van der Waals surface area (Å²) < 4.78 is 7.33. The van der Waals surface area contributed by atoms with E-state index in [0.29, 0.717) is 0 Å². The third-order valence-electron chi connectivity index (χ3n) is 11.1. The van der Waals surface area contributed by atoms with Gasteiger partial charge in [0.05, 0.1) is 33.1 Å². The van der Waals surface area contributed by atoms with Crippen LogP contribution in [0, 0.1) is 13.8 Å². The number of nitrogens with zero attached hydrogens (tertiary/aromatic N) is 3. The Morgan fingerprint density at radius 3 is 1.42 bits per heavy atom. The highest BCUT2D eigenvalue weighted by atomic mass is 15.0. The van der Waals surface area contributed by atoms with E-state index < -0.39 is 0 Å². The highest BCUT2D eigenvalue weighted by Gasteiger charge is 2.20. The van der Waals surface area contributed by atoms with Crippen LogP contribution >= 0.6 is 0 Å². The Kier molecular flexibility index (Phi) is 6.38. The summed E-state index contributed by atoms with van der Waals surface area (Å²) >= 11 is 0. The van der Waals surface area contributed by atoms with E-state index in [9.17, 15) is 0 Å². The molecule has 0 spiro atoms. The third-order valence-corrected chi connectivity index (χ3v) is 11.1. The van der Waals surface area contributed by atoms with Gasteiger partial charge in [0.1, 0.15) is 0 Å². The number of hydrogen-bond donors (Lipinski definition) is 0. The van der Waals surface area contributed by atoms with E-state index in [0.717, 1.165) is 17.1 Å². The fraction of sp³-hybridized carbons (Fsp3) is 0.0400. The minimum atomic E-state index is 1.15. The summed E-state index contributed by atoms with van der Waals surface area (Å²) in [4.78, 5) is 0. The Bertz CT molecular complexity index is 3170. The van der Waals surface area contributed by atoms with Crippen molar-refractivity contribution in [3.05, 3.63) is 187 Å². The fourth-order valence-electron chi connectivity index (χ4n) is 8.73. The van der Waals surface area contributed by atoms with Gasteiger partial charge in [-0.3, -0.25) is 0 Å². The summed E-state index contributed by atoms with van der Waals surface area (Å²) in [5, 5.41) is 7.53. The van der Waals surface area contributed by atoms with Crippen LogP contribution in [0.3, 0.4) is 0 Å². The van der Waals surface area contributed by atoms with Crippen molar-refractivity contribution in [1.29, 1.82) is 0 Å². The molecule has 0 aliphatic carbocycles. The van der Waals surface area contributed by atoms with Gasteiger partial charge in [0.2, 0.25) is 0 Å². The van der Waals surface area contributed by atoms with Gasteiger partial charge in [-0.15, -0.1) is 0 Å². The maximum absolute atomic E-state index is 2.45. The van der Waals surface area contributed by atoms with E-state index >= 15 is 0 Å². The minimum Gasteiger partial charge on any atom is -0.309 e.